The number of nitrogens with zero attached hydrogens (tertiary/aromatic N) is 4. The third kappa shape index (κ3) is 3.77. The quantitative estimate of drug-likeness (QED) is 0.843. The number of hydrogen-bond acceptors (Lipinski definition) is 4. The van der Waals surface area contributed by atoms with Crippen LogP contribution in [0.1, 0.15) is 39.4 Å². The lowest BCUT2D eigenvalue weighted by atomic mass is 10.1. The maximum Gasteiger partial charge on any atom is 0.331 e. The molecule has 124 valence electrons. The number of carboxylic acids is 1. The Balaban J connectivity index is 2.00. The summed E-state index contributed by atoms with van der Waals surface area (Å²) >= 11 is 0. The molecule has 0 aliphatic heterocycles. The number of carboxylic acid groups (broad SMARTS) is 1. The molecule has 2 aromatic heterocycles. The van der Waals surface area contributed by atoms with Crippen molar-refractivity contribution in [1.29, 1.82) is 0 Å². The second-order valence-electron chi connectivity index (χ2n) is 6.14. The molecule has 0 atom stereocenters. The van der Waals surface area contributed by atoms with Crippen LogP contribution < -0.4 is 5.32 Å². The summed E-state index contributed by atoms with van der Waals surface area (Å²) < 4.78 is 3.09. The zero-order chi connectivity index (χ0) is 17.2. The van der Waals surface area contributed by atoms with Crippen molar-refractivity contribution in [2.75, 3.05) is 5.32 Å². The Morgan fingerprint density at radius 3 is 2.65 bits per heavy atom. The highest BCUT2D eigenvalue weighted by Gasteiger charge is 2.30. The van der Waals surface area contributed by atoms with E-state index in [-0.39, 0.29) is 18.4 Å². The van der Waals surface area contributed by atoms with Crippen LogP contribution in [0.5, 0.6) is 0 Å². The van der Waals surface area contributed by atoms with Crippen LogP contribution in [0.25, 0.3) is 0 Å². The maximum atomic E-state index is 12.0. The molecule has 2 rings (SSSR count). The molecule has 23 heavy (non-hydrogen) atoms. The first-order valence-electron chi connectivity index (χ1n) is 7.32. The molecule has 2 aromatic rings. The number of anilines is 1. The predicted molar refractivity (Wildman–Crippen MR) is 84.1 cm³/mol. The van der Waals surface area contributed by atoms with Gasteiger partial charge in [-0.1, -0.05) is 0 Å². The third-order valence-corrected chi connectivity index (χ3v) is 3.50. The lowest BCUT2D eigenvalue weighted by Crippen LogP contribution is -2.35. The zero-order valence-corrected chi connectivity index (χ0v) is 13.6. The fourth-order valence-corrected chi connectivity index (χ4v) is 1.92. The van der Waals surface area contributed by atoms with E-state index in [4.69, 9.17) is 5.11 Å². The largest absolute Gasteiger partial charge is 0.479 e. The van der Waals surface area contributed by atoms with Crippen LogP contribution in [0.3, 0.4) is 0 Å². The van der Waals surface area contributed by atoms with Crippen LogP contribution in [-0.2, 0) is 21.5 Å². The number of amides is 1. The van der Waals surface area contributed by atoms with Gasteiger partial charge >= 0.3 is 5.97 Å². The average molecular weight is 319 g/mol. The molecule has 1 amide bonds. The molecule has 8 nitrogen and oxygen atoms in total. The van der Waals surface area contributed by atoms with Gasteiger partial charge in [-0.05, 0) is 33.8 Å². The third-order valence-electron chi connectivity index (χ3n) is 3.50. The van der Waals surface area contributed by atoms with Gasteiger partial charge in [0.05, 0.1) is 24.0 Å². The normalized spacial score (nSPS) is 11.7. The first-order valence-corrected chi connectivity index (χ1v) is 7.32. The predicted octanol–water partition coefficient (Wildman–Crippen LogP) is 1.66. The van der Waals surface area contributed by atoms with E-state index in [1.165, 1.54) is 30.9 Å². The lowest BCUT2D eigenvalue weighted by molar-refractivity contribution is -0.146. The van der Waals surface area contributed by atoms with Crippen LogP contribution in [-0.4, -0.2) is 36.5 Å². The molecule has 0 saturated carbocycles. The summed E-state index contributed by atoms with van der Waals surface area (Å²) in [7, 11) is 0. The molecule has 0 aliphatic carbocycles. The maximum absolute atomic E-state index is 12.0. The van der Waals surface area contributed by atoms with Crippen molar-refractivity contribution < 1.29 is 14.7 Å². The highest BCUT2D eigenvalue weighted by molar-refractivity contribution is 5.91. The Bertz CT molecular complexity index is 714. The van der Waals surface area contributed by atoms with Crippen molar-refractivity contribution in [3.05, 3.63) is 30.4 Å². The van der Waals surface area contributed by atoms with Crippen molar-refractivity contribution in [1.82, 2.24) is 19.6 Å². The van der Waals surface area contributed by atoms with Crippen LogP contribution in [0.2, 0.25) is 0 Å². The first kappa shape index (κ1) is 16.7. The van der Waals surface area contributed by atoms with E-state index >= 15 is 0 Å². The average Bonchev–Trinajstić information content (AvgIpc) is 3.08. The number of nitrogens with one attached hydrogen (secondary N) is 1. The van der Waals surface area contributed by atoms with E-state index in [2.05, 4.69) is 15.5 Å². The van der Waals surface area contributed by atoms with E-state index in [1.807, 2.05) is 20.0 Å². The van der Waals surface area contributed by atoms with Crippen molar-refractivity contribution in [3.8, 4) is 0 Å². The number of carbonyl (C=O) groups excluding carboxylic acids is 1. The van der Waals surface area contributed by atoms with Gasteiger partial charge in [-0.3, -0.25) is 14.2 Å². The minimum atomic E-state index is -1.18. The molecule has 8 heteroatoms. The zero-order valence-electron chi connectivity index (χ0n) is 13.6. The summed E-state index contributed by atoms with van der Waals surface area (Å²) in [5.74, 6) is -1.23. The highest BCUT2D eigenvalue weighted by atomic mass is 16.4. The molecule has 0 aliphatic rings. The summed E-state index contributed by atoms with van der Waals surface area (Å²) in [4.78, 5) is 23.2. The molecular weight excluding hydrogens is 298 g/mol. The number of carbonyl (C=O) groups is 2. The second kappa shape index (κ2) is 6.23. The van der Waals surface area contributed by atoms with Crippen molar-refractivity contribution >= 4 is 17.6 Å². The van der Waals surface area contributed by atoms with Crippen LogP contribution in [0, 0.1) is 0 Å². The first-order chi connectivity index (χ1) is 10.7. The fraction of sp³-hybridized carbons (Fsp3) is 0.467. The minimum absolute atomic E-state index is 0.146. The van der Waals surface area contributed by atoms with Gasteiger partial charge in [-0.2, -0.15) is 10.2 Å². The van der Waals surface area contributed by atoms with Crippen molar-refractivity contribution in [2.45, 2.75) is 45.7 Å². The number of hydrogen-bond donors (Lipinski definition) is 2. The Kier molecular flexibility index (Phi) is 4.53. The smallest absolute Gasteiger partial charge is 0.331 e. The number of aliphatic carboxylic acids is 1. The van der Waals surface area contributed by atoms with Gasteiger partial charge in [-0.15, -0.1) is 0 Å². The van der Waals surface area contributed by atoms with Crippen LogP contribution in [0.4, 0.5) is 5.69 Å². The Hall–Kier alpha value is -2.64. The van der Waals surface area contributed by atoms with Gasteiger partial charge in [0.15, 0.2) is 5.54 Å². The monoisotopic (exact) mass is 319 g/mol. The molecule has 0 unspecified atom stereocenters. The van der Waals surface area contributed by atoms with Crippen LogP contribution in [0.15, 0.2) is 24.7 Å². The van der Waals surface area contributed by atoms with Gasteiger partial charge in [0.2, 0.25) is 5.91 Å². The minimum Gasteiger partial charge on any atom is -0.479 e. The van der Waals surface area contributed by atoms with Crippen molar-refractivity contribution in [2.24, 2.45) is 0 Å². The standard InChI is InChI=1S/C15H21N5O3/c1-10(2)19-6-5-11(18-19)7-13(21)17-12-8-16-20(9-12)15(3,4)14(22)23/h5-6,8-10H,7H2,1-4H3,(H,17,21)(H,22,23). The summed E-state index contributed by atoms with van der Waals surface area (Å²) in [6.45, 7) is 7.09. The topological polar surface area (TPSA) is 102 Å². The SMILES string of the molecule is CC(C)n1ccc(CC(=O)Nc2cnn(C(C)(C)C(=O)O)c2)n1. The van der Waals surface area contributed by atoms with E-state index in [1.54, 1.807) is 10.7 Å². The van der Waals surface area contributed by atoms with E-state index in [0.29, 0.717) is 11.4 Å². The number of aromatic nitrogens is 4. The molecule has 0 bridgehead atoms. The fourth-order valence-electron chi connectivity index (χ4n) is 1.92. The van der Waals surface area contributed by atoms with Crippen molar-refractivity contribution in [3.63, 3.8) is 0 Å². The Labute approximate surface area is 134 Å². The van der Waals surface area contributed by atoms with Gasteiger partial charge in [-0.25, -0.2) is 4.79 Å². The van der Waals surface area contributed by atoms with Crippen LogP contribution >= 0.6 is 0 Å². The molecule has 0 fully saturated rings. The van der Waals surface area contributed by atoms with Gasteiger partial charge < -0.3 is 10.4 Å². The molecule has 0 radical (unpaired) electrons. The summed E-state index contributed by atoms with van der Waals surface area (Å²) in [5.41, 5.74) is -0.0546. The Morgan fingerprint density at radius 1 is 1.39 bits per heavy atom. The Morgan fingerprint density at radius 2 is 2.09 bits per heavy atom. The molecular formula is C15H21N5O3. The second-order valence-corrected chi connectivity index (χ2v) is 6.14. The van der Waals surface area contributed by atoms with E-state index in [0.717, 1.165) is 0 Å². The summed E-state index contributed by atoms with van der Waals surface area (Å²) in [6, 6.07) is 2.04. The summed E-state index contributed by atoms with van der Waals surface area (Å²) in [5, 5.41) is 20.2. The van der Waals surface area contributed by atoms with E-state index in [9.17, 15) is 9.59 Å². The molecule has 2 heterocycles. The van der Waals surface area contributed by atoms with Gasteiger partial charge in [0.1, 0.15) is 0 Å². The summed E-state index contributed by atoms with van der Waals surface area (Å²) in [6.07, 6.45) is 4.90. The number of rotatable bonds is 6. The van der Waals surface area contributed by atoms with Gasteiger partial charge in [0.25, 0.3) is 0 Å². The molecule has 0 spiro atoms. The molecule has 0 saturated heterocycles. The van der Waals surface area contributed by atoms with Gasteiger partial charge in [0, 0.05) is 18.4 Å². The molecule has 2 N–H and O–H groups in total. The molecule has 0 aromatic carbocycles. The highest BCUT2D eigenvalue weighted by Crippen LogP contribution is 2.17. The van der Waals surface area contributed by atoms with E-state index < -0.39 is 11.5 Å². The lowest BCUT2D eigenvalue weighted by Gasteiger charge is -2.19.